The minimum absolute atomic E-state index is 0.0956. The van der Waals surface area contributed by atoms with E-state index in [1.807, 2.05) is 18.9 Å². The molecule has 1 heterocycles. The zero-order chi connectivity index (χ0) is 15.6. The number of hydrogen-bond acceptors (Lipinski definition) is 5. The van der Waals surface area contributed by atoms with Crippen molar-refractivity contribution in [2.75, 3.05) is 35.7 Å². The van der Waals surface area contributed by atoms with Gasteiger partial charge < -0.3 is 16.0 Å². The number of nitrogen functional groups attached to an aromatic ring is 1. The number of hydrogen-bond donors (Lipinski definition) is 2. The minimum Gasteiger partial charge on any atom is -0.397 e. The van der Waals surface area contributed by atoms with Crippen LogP contribution < -0.4 is 16.0 Å². The van der Waals surface area contributed by atoms with Gasteiger partial charge in [0.1, 0.15) is 0 Å². The number of nitrogens with zero attached hydrogens (tertiary/aromatic N) is 1. The van der Waals surface area contributed by atoms with Crippen molar-refractivity contribution in [3.05, 3.63) is 23.8 Å². The minimum atomic E-state index is -2.96. The van der Waals surface area contributed by atoms with Gasteiger partial charge >= 0.3 is 0 Å². The molecule has 1 saturated heterocycles. The van der Waals surface area contributed by atoms with Crippen LogP contribution >= 0.6 is 0 Å². The van der Waals surface area contributed by atoms with Crippen molar-refractivity contribution < 1.29 is 13.2 Å². The average Bonchev–Trinajstić information content (AvgIpc) is 2.79. The predicted molar refractivity (Wildman–Crippen MR) is 84.3 cm³/mol. The number of carbonyl (C=O) groups excluding carboxylic acids is 1. The van der Waals surface area contributed by atoms with E-state index in [2.05, 4.69) is 5.32 Å². The molecule has 0 aliphatic carbocycles. The van der Waals surface area contributed by atoms with Crippen molar-refractivity contribution >= 4 is 27.1 Å². The predicted octanol–water partition coefficient (Wildman–Crippen LogP) is 0.642. The van der Waals surface area contributed by atoms with Gasteiger partial charge in [-0.25, -0.2) is 8.42 Å². The smallest absolute Gasteiger partial charge is 0.251 e. The Labute approximate surface area is 125 Å². The molecule has 1 atom stereocenters. The molecular weight excluding hydrogens is 290 g/mol. The van der Waals surface area contributed by atoms with E-state index in [0.717, 1.165) is 0 Å². The number of nitrogens with one attached hydrogen (secondary N) is 1. The molecule has 7 heteroatoms. The van der Waals surface area contributed by atoms with Crippen molar-refractivity contribution in [2.24, 2.45) is 0 Å². The van der Waals surface area contributed by atoms with E-state index in [1.165, 1.54) is 0 Å². The Hall–Kier alpha value is -1.76. The number of anilines is 2. The first-order chi connectivity index (χ1) is 9.84. The summed E-state index contributed by atoms with van der Waals surface area (Å²) < 4.78 is 23.2. The number of nitrogens with two attached hydrogens (primary N) is 1. The summed E-state index contributed by atoms with van der Waals surface area (Å²) in [5.41, 5.74) is 7.73. The Balaban J connectivity index is 2.26. The third kappa shape index (κ3) is 3.47. The fourth-order valence-corrected chi connectivity index (χ4v) is 4.30. The van der Waals surface area contributed by atoms with Crippen LogP contribution in [0.15, 0.2) is 18.2 Å². The molecular formula is C14H21N3O3S. The van der Waals surface area contributed by atoms with Crippen LogP contribution in [0, 0.1) is 0 Å². The standard InChI is InChI=1S/C14H21N3O3S/c1-3-16-14(18)10-4-5-12(15)13(8-10)17(2)11-6-7-21(19,20)9-11/h4-5,8,11H,3,6-7,9,15H2,1-2H3,(H,16,18). The zero-order valence-corrected chi connectivity index (χ0v) is 13.1. The van der Waals surface area contributed by atoms with Gasteiger partial charge in [-0.2, -0.15) is 0 Å². The largest absolute Gasteiger partial charge is 0.397 e. The highest BCUT2D eigenvalue weighted by molar-refractivity contribution is 7.91. The van der Waals surface area contributed by atoms with Crippen molar-refractivity contribution in [3.63, 3.8) is 0 Å². The highest BCUT2D eigenvalue weighted by Gasteiger charge is 2.31. The van der Waals surface area contributed by atoms with Crippen LogP contribution in [0.1, 0.15) is 23.7 Å². The molecule has 0 aromatic heterocycles. The lowest BCUT2D eigenvalue weighted by molar-refractivity contribution is 0.0956. The number of carbonyl (C=O) groups is 1. The number of amides is 1. The molecule has 1 aromatic rings. The third-order valence-electron chi connectivity index (χ3n) is 3.77. The molecule has 0 saturated carbocycles. The molecule has 0 bridgehead atoms. The summed E-state index contributed by atoms with van der Waals surface area (Å²) in [6.45, 7) is 2.40. The average molecular weight is 311 g/mol. The summed E-state index contributed by atoms with van der Waals surface area (Å²) >= 11 is 0. The van der Waals surface area contributed by atoms with Gasteiger partial charge in [-0.3, -0.25) is 4.79 Å². The third-order valence-corrected chi connectivity index (χ3v) is 5.52. The Morgan fingerprint density at radius 1 is 1.48 bits per heavy atom. The Bertz CT molecular complexity index is 643. The Kier molecular flexibility index (Phi) is 4.41. The van der Waals surface area contributed by atoms with Gasteiger partial charge in [0, 0.05) is 25.2 Å². The molecule has 2 rings (SSSR count). The second-order valence-electron chi connectivity index (χ2n) is 5.30. The van der Waals surface area contributed by atoms with Gasteiger partial charge in [0.2, 0.25) is 0 Å². The summed E-state index contributed by atoms with van der Waals surface area (Å²) in [4.78, 5) is 13.8. The van der Waals surface area contributed by atoms with E-state index in [1.54, 1.807) is 18.2 Å². The molecule has 3 N–H and O–H groups in total. The monoisotopic (exact) mass is 311 g/mol. The Morgan fingerprint density at radius 2 is 2.19 bits per heavy atom. The van der Waals surface area contributed by atoms with Crippen LogP contribution in [-0.4, -0.2) is 45.5 Å². The van der Waals surface area contributed by atoms with Crippen molar-refractivity contribution in [1.82, 2.24) is 5.32 Å². The fraction of sp³-hybridized carbons (Fsp3) is 0.500. The molecule has 0 spiro atoms. The van der Waals surface area contributed by atoms with Crippen LogP contribution in [0.5, 0.6) is 0 Å². The highest BCUT2D eigenvalue weighted by Crippen LogP contribution is 2.28. The number of rotatable bonds is 4. The van der Waals surface area contributed by atoms with Gasteiger partial charge in [0.25, 0.3) is 5.91 Å². The van der Waals surface area contributed by atoms with E-state index in [4.69, 9.17) is 5.73 Å². The normalized spacial score (nSPS) is 20.2. The molecule has 1 fully saturated rings. The van der Waals surface area contributed by atoms with Gasteiger partial charge in [-0.1, -0.05) is 0 Å². The van der Waals surface area contributed by atoms with E-state index in [9.17, 15) is 13.2 Å². The summed E-state index contributed by atoms with van der Waals surface area (Å²) in [5, 5.41) is 2.74. The van der Waals surface area contributed by atoms with Crippen LogP contribution in [0.4, 0.5) is 11.4 Å². The van der Waals surface area contributed by atoms with Gasteiger partial charge in [-0.15, -0.1) is 0 Å². The number of sulfone groups is 1. The summed E-state index contributed by atoms with van der Waals surface area (Å²) in [7, 11) is -1.14. The SMILES string of the molecule is CCNC(=O)c1ccc(N)c(N(C)C2CCS(=O)(=O)C2)c1. The molecule has 116 valence electrons. The van der Waals surface area contributed by atoms with Gasteiger partial charge in [-0.05, 0) is 31.5 Å². The Morgan fingerprint density at radius 3 is 2.76 bits per heavy atom. The van der Waals surface area contributed by atoms with E-state index >= 15 is 0 Å². The van der Waals surface area contributed by atoms with E-state index in [-0.39, 0.29) is 23.5 Å². The van der Waals surface area contributed by atoms with Crippen molar-refractivity contribution in [1.29, 1.82) is 0 Å². The molecule has 21 heavy (non-hydrogen) atoms. The van der Waals surface area contributed by atoms with Crippen LogP contribution in [0.25, 0.3) is 0 Å². The molecule has 1 amide bonds. The lowest BCUT2D eigenvalue weighted by Crippen LogP contribution is -2.33. The lowest BCUT2D eigenvalue weighted by atomic mass is 10.1. The summed E-state index contributed by atoms with van der Waals surface area (Å²) in [6, 6.07) is 4.97. The second kappa shape index (κ2) is 5.93. The topological polar surface area (TPSA) is 92.5 Å². The molecule has 1 aromatic carbocycles. The van der Waals surface area contributed by atoms with Crippen LogP contribution in [0.3, 0.4) is 0 Å². The molecule has 0 radical (unpaired) electrons. The first-order valence-corrected chi connectivity index (χ1v) is 8.77. The van der Waals surface area contributed by atoms with Crippen LogP contribution in [0.2, 0.25) is 0 Å². The molecule has 1 unspecified atom stereocenters. The number of benzene rings is 1. The first kappa shape index (κ1) is 15.6. The lowest BCUT2D eigenvalue weighted by Gasteiger charge is -2.27. The maximum Gasteiger partial charge on any atom is 0.251 e. The van der Waals surface area contributed by atoms with Crippen LogP contribution in [-0.2, 0) is 9.84 Å². The molecule has 6 nitrogen and oxygen atoms in total. The second-order valence-corrected chi connectivity index (χ2v) is 7.53. The molecule has 1 aliphatic heterocycles. The van der Waals surface area contributed by atoms with Gasteiger partial charge in [0.15, 0.2) is 9.84 Å². The highest BCUT2D eigenvalue weighted by atomic mass is 32.2. The van der Waals surface area contributed by atoms with Crippen molar-refractivity contribution in [3.8, 4) is 0 Å². The van der Waals surface area contributed by atoms with E-state index in [0.29, 0.717) is 29.9 Å². The first-order valence-electron chi connectivity index (χ1n) is 6.95. The van der Waals surface area contributed by atoms with Crippen molar-refractivity contribution in [2.45, 2.75) is 19.4 Å². The summed E-state index contributed by atoms with van der Waals surface area (Å²) in [6.07, 6.45) is 0.587. The summed E-state index contributed by atoms with van der Waals surface area (Å²) in [5.74, 6) is 0.179. The fourth-order valence-electron chi connectivity index (χ4n) is 2.53. The maximum atomic E-state index is 11.9. The maximum absolute atomic E-state index is 11.9. The van der Waals surface area contributed by atoms with Gasteiger partial charge in [0.05, 0.1) is 22.9 Å². The quantitative estimate of drug-likeness (QED) is 0.796. The van der Waals surface area contributed by atoms with E-state index < -0.39 is 9.84 Å². The molecule has 1 aliphatic rings. The zero-order valence-electron chi connectivity index (χ0n) is 12.3.